The highest BCUT2D eigenvalue weighted by Crippen LogP contribution is 2.79. The van der Waals surface area contributed by atoms with Gasteiger partial charge in [0.05, 0.1) is 18.1 Å². The van der Waals surface area contributed by atoms with E-state index < -0.39 is 48.1 Å². The lowest BCUT2D eigenvalue weighted by Gasteiger charge is -2.74. The molecule has 1 aliphatic heterocycles. The predicted molar refractivity (Wildman–Crippen MR) is 198 cm³/mol. The summed E-state index contributed by atoms with van der Waals surface area (Å²) in [5, 5.41) is 52.6. The Balaban J connectivity index is 1.26. The van der Waals surface area contributed by atoms with Gasteiger partial charge in [-0.25, -0.2) is 4.79 Å². The summed E-state index contributed by atoms with van der Waals surface area (Å²) in [4.78, 5) is 25.6. The van der Waals surface area contributed by atoms with Gasteiger partial charge in [0.2, 0.25) is 0 Å². The van der Waals surface area contributed by atoms with Crippen LogP contribution in [0.15, 0.2) is 11.6 Å². The maximum Gasteiger partial charge on any atom is 0.335 e. The minimum Gasteiger partial charge on any atom is -0.481 e. The van der Waals surface area contributed by atoms with Gasteiger partial charge in [0.25, 0.3) is 0 Å². The third-order valence-electron chi connectivity index (χ3n) is 17.5. The molecule has 0 aromatic carbocycles. The molecular weight excluding hydrogens is 676 g/mol. The molecule has 0 amide bonds. The molecule has 6 aliphatic carbocycles. The number of hydrogen-bond acceptors (Lipinski definition) is 8. The number of carboxylic acids is 2. The lowest BCUT2D eigenvalue weighted by Crippen LogP contribution is -2.68. The number of allylic oxidation sites excluding steroid dienone is 2. The minimum absolute atomic E-state index is 0.00521. The Morgan fingerprint density at radius 1 is 0.830 bits per heavy atom. The van der Waals surface area contributed by atoms with E-state index in [1.54, 1.807) is 7.11 Å². The van der Waals surface area contributed by atoms with Gasteiger partial charge in [-0.3, -0.25) is 4.79 Å². The molecule has 0 aromatic rings. The van der Waals surface area contributed by atoms with E-state index in [-0.39, 0.29) is 50.9 Å². The first-order valence-electron chi connectivity index (χ1n) is 20.8. The van der Waals surface area contributed by atoms with E-state index >= 15 is 0 Å². The molecule has 53 heavy (non-hydrogen) atoms. The third-order valence-corrected chi connectivity index (χ3v) is 17.5. The molecule has 1 heterocycles. The first kappa shape index (κ1) is 39.7. The van der Waals surface area contributed by atoms with Gasteiger partial charge in [-0.1, -0.05) is 72.5 Å². The van der Waals surface area contributed by atoms with Crippen molar-refractivity contribution in [1.29, 1.82) is 0 Å². The first-order valence-corrected chi connectivity index (χ1v) is 20.8. The van der Waals surface area contributed by atoms with Crippen LogP contribution in [-0.2, 0) is 23.8 Å². The van der Waals surface area contributed by atoms with Crippen molar-refractivity contribution in [1.82, 2.24) is 0 Å². The van der Waals surface area contributed by atoms with Crippen molar-refractivity contribution in [2.24, 2.45) is 62.1 Å². The molecule has 6 fully saturated rings. The lowest BCUT2D eigenvalue weighted by atomic mass is 9.30. The summed E-state index contributed by atoms with van der Waals surface area (Å²) >= 11 is 0. The first-order chi connectivity index (χ1) is 24.8. The quantitative estimate of drug-likeness (QED) is 0.142. The van der Waals surface area contributed by atoms with Crippen molar-refractivity contribution in [3.8, 4) is 0 Å². The van der Waals surface area contributed by atoms with Crippen LogP contribution >= 0.6 is 0 Å². The van der Waals surface area contributed by atoms with E-state index in [1.165, 1.54) is 37.7 Å². The van der Waals surface area contributed by atoms with Gasteiger partial charge in [0, 0.05) is 12.5 Å². The van der Waals surface area contributed by atoms with Crippen LogP contribution < -0.4 is 0 Å². The molecular formula is C43H68O10. The third kappa shape index (κ3) is 5.67. The molecule has 5 N–H and O–H groups in total. The lowest BCUT2D eigenvalue weighted by molar-refractivity contribution is -0.324. The monoisotopic (exact) mass is 744 g/mol. The van der Waals surface area contributed by atoms with Gasteiger partial charge < -0.3 is 39.7 Å². The predicted octanol–water partition coefficient (Wildman–Crippen LogP) is 6.58. The Hall–Kier alpha value is -1.56. The van der Waals surface area contributed by atoms with Crippen LogP contribution in [0.5, 0.6) is 0 Å². The zero-order valence-corrected chi connectivity index (χ0v) is 33.3. The molecule has 300 valence electrons. The van der Waals surface area contributed by atoms with Crippen LogP contribution in [0.4, 0.5) is 0 Å². The number of methoxy groups -OCH3 is 1. The molecule has 10 nitrogen and oxygen atoms in total. The minimum atomic E-state index is -1.76. The van der Waals surface area contributed by atoms with Crippen molar-refractivity contribution in [2.45, 2.75) is 168 Å². The molecule has 14 atom stereocenters. The number of ether oxygens (including phenoxy) is 3. The van der Waals surface area contributed by atoms with Crippen molar-refractivity contribution >= 4 is 11.9 Å². The number of carbonyl (C=O) groups is 2. The maximum atomic E-state index is 13.7. The highest BCUT2D eigenvalue weighted by molar-refractivity contribution is 5.77. The summed E-state index contributed by atoms with van der Waals surface area (Å²) in [5.41, 5.74) is 0.241. The zero-order valence-electron chi connectivity index (χ0n) is 33.3. The van der Waals surface area contributed by atoms with Gasteiger partial charge >= 0.3 is 11.9 Å². The highest BCUT2D eigenvalue weighted by atomic mass is 16.7. The normalized spacial score (nSPS) is 49.4. The summed E-state index contributed by atoms with van der Waals surface area (Å²) in [6.45, 7) is 14.7. The Morgan fingerprint density at radius 2 is 1.53 bits per heavy atom. The fourth-order valence-corrected chi connectivity index (χ4v) is 15.3. The van der Waals surface area contributed by atoms with Crippen LogP contribution in [0.3, 0.4) is 0 Å². The summed E-state index contributed by atoms with van der Waals surface area (Å²) in [6, 6.07) is 0. The van der Waals surface area contributed by atoms with E-state index in [1.807, 2.05) is 0 Å². The molecule has 14 unspecified atom stereocenters. The van der Waals surface area contributed by atoms with Gasteiger partial charge in [-0.15, -0.1) is 0 Å². The Labute approximate surface area is 316 Å². The molecule has 0 spiro atoms. The Bertz CT molecular complexity index is 1450. The number of fused-ring (bicyclic) bond motifs is 7. The smallest absolute Gasteiger partial charge is 0.335 e. The Morgan fingerprint density at radius 3 is 2.17 bits per heavy atom. The topological polar surface area (TPSA) is 163 Å². The number of hydrogen-bond donors (Lipinski definition) is 5. The highest BCUT2D eigenvalue weighted by Gasteiger charge is 2.73. The van der Waals surface area contributed by atoms with Gasteiger partial charge in [0.15, 0.2) is 12.4 Å². The van der Waals surface area contributed by atoms with E-state index in [9.17, 15) is 35.1 Å². The number of rotatable bonds is 7. The largest absolute Gasteiger partial charge is 0.481 e. The van der Waals surface area contributed by atoms with Crippen LogP contribution in [0, 0.1) is 62.1 Å². The average molecular weight is 745 g/mol. The molecule has 0 bridgehead atoms. The van der Waals surface area contributed by atoms with Crippen molar-refractivity contribution in [3.63, 3.8) is 0 Å². The molecule has 7 rings (SSSR count). The van der Waals surface area contributed by atoms with Crippen LogP contribution in [0.25, 0.3) is 0 Å². The summed E-state index contributed by atoms with van der Waals surface area (Å²) in [7, 11) is 1.72. The van der Waals surface area contributed by atoms with E-state index in [0.29, 0.717) is 31.3 Å². The Kier molecular flexibility index (Phi) is 10.1. The van der Waals surface area contributed by atoms with Crippen molar-refractivity contribution in [3.05, 3.63) is 11.6 Å². The summed E-state index contributed by atoms with van der Waals surface area (Å²) in [6.07, 6.45) is 8.28. The second-order valence-corrected chi connectivity index (χ2v) is 20.6. The van der Waals surface area contributed by atoms with E-state index in [2.05, 4.69) is 47.6 Å². The number of aliphatic hydroxyl groups is 3. The van der Waals surface area contributed by atoms with Gasteiger partial charge in [-0.2, -0.15) is 0 Å². The van der Waals surface area contributed by atoms with Gasteiger partial charge in [0.1, 0.15) is 18.3 Å². The van der Waals surface area contributed by atoms with Gasteiger partial charge in [-0.05, 0) is 122 Å². The molecule has 0 radical (unpaired) electrons. The molecule has 7 aliphatic rings. The second-order valence-electron chi connectivity index (χ2n) is 20.6. The fourth-order valence-electron chi connectivity index (χ4n) is 15.3. The SMILES string of the molecule is COCC1CC(C)(C)CC2C3=CCC4C5(C)CCC(OC6OC(C(=O)O)C(O)C(O)C6O)C(C)(C)C5CCC4(C)C3(C3CCCCC3)CCC12C(=O)O. The summed E-state index contributed by atoms with van der Waals surface area (Å²) in [5.74, 6) is -0.870. The summed E-state index contributed by atoms with van der Waals surface area (Å²) < 4.78 is 17.9. The van der Waals surface area contributed by atoms with Crippen LogP contribution in [-0.4, -0.2) is 88.0 Å². The second kappa shape index (κ2) is 13.5. The zero-order chi connectivity index (χ0) is 38.5. The number of aliphatic carboxylic acids is 2. The van der Waals surface area contributed by atoms with Crippen molar-refractivity contribution < 1.29 is 49.3 Å². The van der Waals surface area contributed by atoms with Crippen LogP contribution in [0.1, 0.15) is 131 Å². The number of carboxylic acid groups (broad SMARTS) is 2. The number of aliphatic hydroxyl groups excluding tert-OH is 3. The van der Waals surface area contributed by atoms with E-state index in [0.717, 1.165) is 44.9 Å². The molecule has 5 saturated carbocycles. The average Bonchev–Trinajstić information content (AvgIpc) is 3.09. The van der Waals surface area contributed by atoms with Crippen molar-refractivity contribution in [2.75, 3.05) is 13.7 Å². The van der Waals surface area contributed by atoms with Crippen LogP contribution in [0.2, 0.25) is 0 Å². The standard InChI is InChI=1S/C43H68O10/c1-38(2)21-25(23-51-7)42(37(49)50)19-20-43(24-11-9-8-10-12-24)26(27(42)22-38)13-14-29-40(5)17-16-30(39(3,4)28(40)15-18-41(29,43)6)52-36-33(46)31(44)32(45)34(53-36)35(47)48/h13,24-25,27-34,36,44-46H,8-12,14-23H2,1-7H3,(H,47,48)(H,49,50). The maximum absolute atomic E-state index is 13.7. The molecule has 0 aromatic heterocycles. The molecule has 10 heteroatoms. The molecule has 1 saturated heterocycles. The fraction of sp³-hybridized carbons (Fsp3) is 0.907. The van der Waals surface area contributed by atoms with E-state index in [4.69, 9.17) is 14.2 Å².